The monoisotopic (exact) mass is 265 g/mol. The van der Waals surface area contributed by atoms with Crippen molar-refractivity contribution in [2.75, 3.05) is 12.3 Å². The zero-order valence-electron chi connectivity index (χ0n) is 10.2. The quantitative estimate of drug-likeness (QED) is 0.543. The summed E-state index contributed by atoms with van der Waals surface area (Å²) >= 11 is 0. The number of sulfonamides is 1. The third-order valence-corrected chi connectivity index (χ3v) is 3.39. The molecule has 1 atom stereocenters. The van der Waals surface area contributed by atoms with E-state index in [1.54, 1.807) is 13.8 Å². The van der Waals surface area contributed by atoms with Crippen LogP contribution in [-0.4, -0.2) is 38.6 Å². The number of hydrogen-bond acceptors (Lipinski definition) is 5. The molecule has 0 aliphatic rings. The molecule has 17 heavy (non-hydrogen) atoms. The number of carbonyl (C=O) groups excluding carboxylic acids is 2. The topological polar surface area (TPSA) is 118 Å². The van der Waals surface area contributed by atoms with Gasteiger partial charge in [-0.1, -0.05) is 13.8 Å². The molecule has 0 bridgehead atoms. The van der Waals surface area contributed by atoms with Gasteiger partial charge < -0.3 is 11.1 Å². The van der Waals surface area contributed by atoms with E-state index in [0.717, 1.165) is 0 Å². The fraction of sp³-hybridized carbons (Fsp3) is 0.778. The van der Waals surface area contributed by atoms with Gasteiger partial charge >= 0.3 is 0 Å². The van der Waals surface area contributed by atoms with Crippen molar-refractivity contribution in [1.82, 2.24) is 10.0 Å². The van der Waals surface area contributed by atoms with Crippen molar-refractivity contribution in [2.24, 2.45) is 11.7 Å². The first kappa shape index (κ1) is 15.9. The second-order valence-corrected chi connectivity index (χ2v) is 5.93. The Morgan fingerprint density at radius 3 is 2.24 bits per heavy atom. The summed E-state index contributed by atoms with van der Waals surface area (Å²) in [5, 5.41) is 2.27. The Bertz CT molecular complexity index is 378. The van der Waals surface area contributed by atoms with Gasteiger partial charge in [0.05, 0.1) is 18.3 Å². The highest BCUT2D eigenvalue weighted by Crippen LogP contribution is 1.97. The van der Waals surface area contributed by atoms with E-state index in [-0.39, 0.29) is 11.7 Å². The van der Waals surface area contributed by atoms with Crippen LogP contribution in [-0.2, 0) is 19.6 Å². The molecule has 0 saturated carbocycles. The summed E-state index contributed by atoms with van der Waals surface area (Å²) < 4.78 is 23.9. The minimum Gasteiger partial charge on any atom is -0.346 e. The molecule has 0 aromatic carbocycles. The van der Waals surface area contributed by atoms with Gasteiger partial charge in [-0.15, -0.1) is 0 Å². The molecule has 0 heterocycles. The predicted molar refractivity (Wildman–Crippen MR) is 63.4 cm³/mol. The lowest BCUT2D eigenvalue weighted by atomic mass is 10.1. The first-order chi connectivity index (χ1) is 7.69. The van der Waals surface area contributed by atoms with E-state index in [0.29, 0.717) is 0 Å². The average Bonchev–Trinajstić information content (AvgIpc) is 2.24. The van der Waals surface area contributed by atoms with Crippen LogP contribution in [0, 0.1) is 5.92 Å². The van der Waals surface area contributed by atoms with Gasteiger partial charge in [-0.2, -0.15) is 0 Å². The van der Waals surface area contributed by atoms with Crippen LogP contribution in [0.15, 0.2) is 0 Å². The fourth-order valence-corrected chi connectivity index (χ4v) is 1.43. The van der Waals surface area contributed by atoms with Crippen molar-refractivity contribution >= 4 is 21.8 Å². The number of hydrogen-bond donors (Lipinski definition) is 3. The molecular formula is C9H19N3O4S. The van der Waals surface area contributed by atoms with Gasteiger partial charge in [0, 0.05) is 0 Å². The van der Waals surface area contributed by atoms with E-state index in [4.69, 9.17) is 5.73 Å². The molecule has 0 aromatic rings. The predicted octanol–water partition coefficient (Wildman–Crippen LogP) is -1.45. The van der Waals surface area contributed by atoms with Crippen molar-refractivity contribution in [3.05, 3.63) is 0 Å². The van der Waals surface area contributed by atoms with Crippen LogP contribution >= 0.6 is 0 Å². The summed E-state index contributed by atoms with van der Waals surface area (Å²) in [7, 11) is -3.59. The number of nitrogens with one attached hydrogen (secondary N) is 2. The van der Waals surface area contributed by atoms with Gasteiger partial charge in [-0.25, -0.2) is 8.42 Å². The summed E-state index contributed by atoms with van der Waals surface area (Å²) in [6.07, 6.45) is 0. The van der Waals surface area contributed by atoms with Gasteiger partial charge in [0.2, 0.25) is 15.9 Å². The molecule has 0 fully saturated rings. The second-order valence-electron chi connectivity index (χ2n) is 3.92. The molecule has 0 rings (SSSR count). The van der Waals surface area contributed by atoms with Crippen molar-refractivity contribution in [1.29, 1.82) is 0 Å². The van der Waals surface area contributed by atoms with E-state index >= 15 is 0 Å². The molecule has 8 heteroatoms. The van der Waals surface area contributed by atoms with Crippen molar-refractivity contribution in [3.8, 4) is 0 Å². The smallest absolute Gasteiger partial charge is 0.252 e. The van der Waals surface area contributed by atoms with Gasteiger partial charge in [0.1, 0.15) is 0 Å². The SMILES string of the molecule is CCS(=O)(=O)NC(=O)CNC(=O)[C@@H](N)C(C)C. The molecular weight excluding hydrogens is 246 g/mol. The van der Waals surface area contributed by atoms with E-state index in [1.807, 2.05) is 4.72 Å². The first-order valence-electron chi connectivity index (χ1n) is 5.26. The van der Waals surface area contributed by atoms with E-state index in [2.05, 4.69) is 5.32 Å². The van der Waals surface area contributed by atoms with Gasteiger partial charge in [-0.05, 0) is 12.8 Å². The molecule has 0 spiro atoms. The summed E-state index contributed by atoms with van der Waals surface area (Å²) in [6.45, 7) is 4.54. The third kappa shape index (κ3) is 6.22. The van der Waals surface area contributed by atoms with Gasteiger partial charge in [-0.3, -0.25) is 14.3 Å². The minimum atomic E-state index is -3.59. The number of nitrogens with two attached hydrogens (primary N) is 1. The Balaban J connectivity index is 4.14. The van der Waals surface area contributed by atoms with Crippen LogP contribution in [0.1, 0.15) is 20.8 Å². The number of carbonyl (C=O) groups is 2. The summed E-state index contributed by atoms with van der Waals surface area (Å²) in [6, 6.07) is -0.717. The molecule has 7 nitrogen and oxygen atoms in total. The molecule has 100 valence electrons. The van der Waals surface area contributed by atoms with Crippen LogP contribution in [0.4, 0.5) is 0 Å². The highest BCUT2D eigenvalue weighted by molar-refractivity contribution is 7.90. The highest BCUT2D eigenvalue weighted by Gasteiger charge is 2.18. The maximum Gasteiger partial charge on any atom is 0.252 e. The Labute approximate surface area is 101 Å². The summed E-state index contributed by atoms with van der Waals surface area (Å²) in [5.74, 6) is -1.52. The molecule has 0 unspecified atom stereocenters. The lowest BCUT2D eigenvalue weighted by Crippen LogP contribution is -2.47. The number of rotatable bonds is 6. The first-order valence-corrected chi connectivity index (χ1v) is 6.91. The lowest BCUT2D eigenvalue weighted by molar-refractivity contribution is -0.126. The maximum atomic E-state index is 11.4. The zero-order chi connectivity index (χ0) is 13.6. The van der Waals surface area contributed by atoms with E-state index in [1.165, 1.54) is 6.92 Å². The van der Waals surface area contributed by atoms with E-state index < -0.39 is 34.4 Å². The van der Waals surface area contributed by atoms with Crippen LogP contribution in [0.3, 0.4) is 0 Å². The Hall–Kier alpha value is -1.15. The molecule has 4 N–H and O–H groups in total. The Morgan fingerprint density at radius 1 is 1.29 bits per heavy atom. The molecule has 0 aromatic heterocycles. The minimum absolute atomic E-state index is 0.0579. The summed E-state index contributed by atoms with van der Waals surface area (Å²) in [4.78, 5) is 22.5. The van der Waals surface area contributed by atoms with Crippen LogP contribution in [0.2, 0.25) is 0 Å². The normalized spacial score (nSPS) is 13.2. The molecule has 2 amide bonds. The lowest BCUT2D eigenvalue weighted by Gasteiger charge is -2.14. The van der Waals surface area contributed by atoms with Crippen molar-refractivity contribution in [2.45, 2.75) is 26.8 Å². The second kappa shape index (κ2) is 6.55. The standard InChI is InChI=1S/C9H19N3O4S/c1-4-17(15,16)12-7(13)5-11-9(14)8(10)6(2)3/h6,8H,4-5,10H2,1-3H3,(H,11,14)(H,12,13)/t8-/m0/s1. The maximum absolute atomic E-state index is 11.4. The average molecular weight is 265 g/mol. The van der Waals surface area contributed by atoms with Crippen LogP contribution in [0.25, 0.3) is 0 Å². The third-order valence-electron chi connectivity index (χ3n) is 2.09. The zero-order valence-corrected chi connectivity index (χ0v) is 11.0. The molecule has 0 aliphatic carbocycles. The van der Waals surface area contributed by atoms with Gasteiger partial charge in [0.25, 0.3) is 5.91 Å². The van der Waals surface area contributed by atoms with Crippen LogP contribution in [0.5, 0.6) is 0 Å². The van der Waals surface area contributed by atoms with Crippen molar-refractivity contribution < 1.29 is 18.0 Å². The van der Waals surface area contributed by atoms with Crippen LogP contribution < -0.4 is 15.8 Å². The van der Waals surface area contributed by atoms with Crippen molar-refractivity contribution in [3.63, 3.8) is 0 Å². The number of amides is 2. The highest BCUT2D eigenvalue weighted by atomic mass is 32.2. The van der Waals surface area contributed by atoms with Gasteiger partial charge in [0.15, 0.2) is 0 Å². The Morgan fingerprint density at radius 2 is 1.82 bits per heavy atom. The van der Waals surface area contributed by atoms with E-state index in [9.17, 15) is 18.0 Å². The fourth-order valence-electron chi connectivity index (χ4n) is 0.870. The molecule has 0 aliphatic heterocycles. The Kier molecular flexibility index (Phi) is 6.11. The largest absolute Gasteiger partial charge is 0.346 e. The molecule has 0 saturated heterocycles. The molecule has 0 radical (unpaired) electrons. The summed E-state index contributed by atoms with van der Waals surface area (Å²) in [5.41, 5.74) is 5.54.